The van der Waals surface area contributed by atoms with E-state index in [1.54, 1.807) is 0 Å². The minimum Gasteiger partial charge on any atom is -0.490 e. The first-order chi connectivity index (χ1) is 23.1. The van der Waals surface area contributed by atoms with Gasteiger partial charge in [0.15, 0.2) is 0 Å². The third-order valence-electron chi connectivity index (χ3n) is 9.27. The molecule has 0 radical (unpaired) electrons. The molecule has 2 aliphatic carbocycles. The Morgan fingerprint density at radius 3 is 2.38 bits per heavy atom. The van der Waals surface area contributed by atoms with E-state index in [9.17, 15) is 25.2 Å². The first-order valence-corrected chi connectivity index (χ1v) is 16.9. The van der Waals surface area contributed by atoms with Gasteiger partial charge in [-0.05, 0) is 98.7 Å². The molecule has 0 saturated heterocycles. The van der Waals surface area contributed by atoms with E-state index in [1.807, 2.05) is 30.6 Å². The maximum absolute atomic E-state index is 12.1. The highest BCUT2D eigenvalue weighted by Gasteiger charge is 2.47. The highest BCUT2D eigenvalue weighted by molar-refractivity contribution is 5.74. The minimum absolute atomic E-state index is 0.311. The van der Waals surface area contributed by atoms with Gasteiger partial charge in [0.05, 0.1) is 31.0 Å². The second-order valence-electron chi connectivity index (χ2n) is 13.1. The van der Waals surface area contributed by atoms with E-state index in [2.05, 4.69) is 53.7 Å². The molecular weight excluding hydrogens is 614 g/mol. The number of hydrogen-bond donors (Lipinski definition) is 7. The summed E-state index contributed by atoms with van der Waals surface area (Å²) in [5.41, 5.74) is 7.72. The van der Waals surface area contributed by atoms with Crippen LogP contribution in [0.1, 0.15) is 66.3 Å². The number of urea groups is 1. The number of carbonyl (C=O) groups excluding carboxylic acids is 1. The van der Waals surface area contributed by atoms with Gasteiger partial charge in [0.25, 0.3) is 0 Å². The number of aryl methyl sites for hydroxylation is 3. The fraction of sp³-hybridized carbons (Fsp3) is 0.514. The number of para-hydroxylation sites is 1. The van der Waals surface area contributed by atoms with Crippen LogP contribution in [0.5, 0.6) is 5.75 Å². The van der Waals surface area contributed by atoms with Crippen LogP contribution in [0, 0.1) is 13.8 Å². The lowest BCUT2D eigenvalue weighted by atomic mass is 9.95. The van der Waals surface area contributed by atoms with Crippen LogP contribution in [0.2, 0.25) is 0 Å². The topological polar surface area (TPSA) is 174 Å². The quantitative estimate of drug-likeness (QED) is 0.101. The van der Waals surface area contributed by atoms with Gasteiger partial charge in [-0.25, -0.2) is 4.79 Å². The Balaban J connectivity index is 1.09. The largest absolute Gasteiger partial charge is 0.490 e. The molecule has 2 fully saturated rings. The van der Waals surface area contributed by atoms with Crippen LogP contribution >= 0.6 is 0 Å². The molecule has 2 saturated carbocycles. The number of nitrogens with zero attached hydrogens (tertiary/aromatic N) is 1. The standard InChI is InChI=1S/C37H49N3O8/c1-23-18-26(24(2)17-25(23)7-5-6-15-39-36(46)40-20-31(42)34(44)35(45)32(43)21-41)22-47-37(13-14-37)30-19-38-16-12-28(30)29-8-3-4-9-33(29)48-27-10-11-27/h3-4,8-9,12,16-19,27,31-32,34-35,41-45H,5-7,10-11,13-15,20-22H2,1-2H3,(H2,39,40,46). The predicted octanol–water partition coefficient (Wildman–Crippen LogP) is 3.17. The van der Waals surface area contributed by atoms with Crippen LogP contribution in [0.3, 0.4) is 0 Å². The SMILES string of the molecule is Cc1cc(COC2(c3cnccc3-c3ccccc3OC3CC3)CC2)c(C)cc1CCCCNC(=O)NCC(O)C(O)C(O)C(O)CO. The second kappa shape index (κ2) is 16.2. The predicted molar refractivity (Wildman–Crippen MR) is 180 cm³/mol. The maximum Gasteiger partial charge on any atom is 0.314 e. The molecule has 48 heavy (non-hydrogen) atoms. The minimum atomic E-state index is -1.74. The molecule has 0 spiro atoms. The molecule has 1 aromatic heterocycles. The Bertz CT molecular complexity index is 1530. The number of ether oxygens (including phenoxy) is 2. The molecule has 5 rings (SSSR count). The van der Waals surface area contributed by atoms with Gasteiger partial charge in [-0.15, -0.1) is 0 Å². The summed E-state index contributed by atoms with van der Waals surface area (Å²) >= 11 is 0. The molecular formula is C37H49N3O8. The van der Waals surface area contributed by atoms with Crippen LogP contribution in [0.15, 0.2) is 54.9 Å². The first kappa shape index (κ1) is 35.7. The Morgan fingerprint density at radius 1 is 0.938 bits per heavy atom. The lowest BCUT2D eigenvalue weighted by Crippen LogP contribution is -2.50. The smallest absolute Gasteiger partial charge is 0.314 e. The van der Waals surface area contributed by atoms with Crippen molar-refractivity contribution in [3.63, 3.8) is 0 Å². The van der Waals surface area contributed by atoms with Crippen molar-refractivity contribution in [1.82, 2.24) is 15.6 Å². The molecule has 3 aromatic rings. The van der Waals surface area contributed by atoms with Gasteiger partial charge in [-0.2, -0.15) is 0 Å². The zero-order valence-electron chi connectivity index (χ0n) is 27.8. The van der Waals surface area contributed by atoms with E-state index >= 15 is 0 Å². The van der Waals surface area contributed by atoms with Crippen molar-refractivity contribution in [2.24, 2.45) is 0 Å². The first-order valence-electron chi connectivity index (χ1n) is 16.9. The number of benzene rings is 2. The molecule has 7 N–H and O–H groups in total. The monoisotopic (exact) mass is 663 g/mol. The van der Waals surface area contributed by atoms with E-state index in [0.29, 0.717) is 19.3 Å². The number of carbonyl (C=O) groups is 1. The van der Waals surface area contributed by atoms with E-state index in [-0.39, 0.29) is 12.1 Å². The number of rotatable bonds is 18. The van der Waals surface area contributed by atoms with Crippen molar-refractivity contribution in [2.45, 2.75) is 102 Å². The van der Waals surface area contributed by atoms with Gasteiger partial charge in [0, 0.05) is 36.6 Å². The fourth-order valence-electron chi connectivity index (χ4n) is 5.92. The van der Waals surface area contributed by atoms with Crippen molar-refractivity contribution in [2.75, 3.05) is 19.7 Å². The van der Waals surface area contributed by atoms with Crippen molar-refractivity contribution in [3.05, 3.63) is 82.7 Å². The average molecular weight is 664 g/mol. The molecule has 4 atom stereocenters. The maximum atomic E-state index is 12.1. The Kier molecular flexibility index (Phi) is 12.1. The molecule has 2 aliphatic rings. The molecule has 0 bridgehead atoms. The Hall–Kier alpha value is -3.58. The Labute approximate surface area is 282 Å². The zero-order chi connectivity index (χ0) is 34.3. The summed E-state index contributed by atoms with van der Waals surface area (Å²) in [6.45, 7) is 4.07. The molecule has 11 heteroatoms. The molecule has 0 aliphatic heterocycles. The van der Waals surface area contributed by atoms with Crippen LogP contribution in [-0.2, 0) is 23.4 Å². The van der Waals surface area contributed by atoms with Crippen LogP contribution in [0.25, 0.3) is 11.1 Å². The summed E-state index contributed by atoms with van der Waals surface area (Å²) in [6.07, 6.45) is 4.09. The van der Waals surface area contributed by atoms with Crippen LogP contribution in [0.4, 0.5) is 4.79 Å². The number of aromatic nitrogens is 1. The van der Waals surface area contributed by atoms with Crippen LogP contribution in [-0.4, -0.2) is 86.8 Å². The summed E-state index contributed by atoms with van der Waals surface area (Å²) in [7, 11) is 0. The average Bonchev–Trinajstić information content (AvgIpc) is 4.04. The van der Waals surface area contributed by atoms with Gasteiger partial charge in [0.1, 0.15) is 24.1 Å². The summed E-state index contributed by atoms with van der Waals surface area (Å²) < 4.78 is 12.9. The van der Waals surface area contributed by atoms with E-state index in [0.717, 1.165) is 72.9 Å². The number of pyridine rings is 1. The zero-order valence-corrected chi connectivity index (χ0v) is 27.8. The normalized spacial score (nSPS) is 17.6. The Morgan fingerprint density at radius 2 is 1.65 bits per heavy atom. The van der Waals surface area contributed by atoms with Gasteiger partial charge in [-0.1, -0.05) is 30.3 Å². The van der Waals surface area contributed by atoms with Gasteiger partial charge in [-0.3, -0.25) is 4.98 Å². The lowest BCUT2D eigenvalue weighted by Gasteiger charge is -2.25. The third kappa shape index (κ3) is 9.10. The molecule has 2 aromatic carbocycles. The fourth-order valence-corrected chi connectivity index (χ4v) is 5.92. The van der Waals surface area contributed by atoms with E-state index < -0.39 is 37.1 Å². The molecule has 2 amide bonds. The number of aliphatic hydroxyl groups is 5. The number of aliphatic hydroxyl groups excluding tert-OH is 5. The lowest BCUT2D eigenvalue weighted by molar-refractivity contribution is -0.113. The molecule has 1 heterocycles. The third-order valence-corrected chi connectivity index (χ3v) is 9.27. The summed E-state index contributed by atoms with van der Waals surface area (Å²) in [5.74, 6) is 0.912. The van der Waals surface area contributed by atoms with Crippen molar-refractivity contribution < 1.29 is 39.8 Å². The highest BCUT2D eigenvalue weighted by atomic mass is 16.5. The van der Waals surface area contributed by atoms with Gasteiger partial charge >= 0.3 is 6.03 Å². The van der Waals surface area contributed by atoms with Crippen molar-refractivity contribution >= 4 is 6.03 Å². The van der Waals surface area contributed by atoms with Crippen molar-refractivity contribution in [3.8, 4) is 16.9 Å². The summed E-state index contributed by atoms with van der Waals surface area (Å²) in [4.78, 5) is 16.6. The summed E-state index contributed by atoms with van der Waals surface area (Å²) in [6, 6.07) is 14.2. The van der Waals surface area contributed by atoms with E-state index in [4.69, 9.17) is 14.6 Å². The number of unbranched alkanes of at least 4 members (excludes halogenated alkanes) is 1. The molecule has 4 unspecified atom stereocenters. The number of hydrogen-bond acceptors (Lipinski definition) is 9. The van der Waals surface area contributed by atoms with Crippen molar-refractivity contribution in [1.29, 1.82) is 0 Å². The second-order valence-corrected chi connectivity index (χ2v) is 13.1. The molecule has 11 nitrogen and oxygen atoms in total. The summed E-state index contributed by atoms with van der Waals surface area (Å²) in [5, 5.41) is 52.9. The van der Waals surface area contributed by atoms with Gasteiger partial charge in [0.2, 0.25) is 0 Å². The van der Waals surface area contributed by atoms with Gasteiger partial charge < -0.3 is 45.6 Å². The van der Waals surface area contributed by atoms with Crippen LogP contribution < -0.4 is 15.4 Å². The molecule has 260 valence electrons. The number of amides is 2. The highest BCUT2D eigenvalue weighted by Crippen LogP contribution is 2.53. The van der Waals surface area contributed by atoms with E-state index in [1.165, 1.54) is 16.7 Å². The number of nitrogens with one attached hydrogen (secondary N) is 2.